The van der Waals surface area contributed by atoms with Crippen molar-refractivity contribution in [1.82, 2.24) is 0 Å². The Hall–Kier alpha value is 0.266. The van der Waals surface area contributed by atoms with E-state index in [2.05, 4.69) is 12.3 Å². The molecule has 0 amide bonds. The van der Waals surface area contributed by atoms with Gasteiger partial charge in [0.15, 0.2) is 0 Å². The molecule has 0 fully saturated rings. The summed E-state index contributed by atoms with van der Waals surface area (Å²) in [6.07, 6.45) is 0. The third-order valence-electron chi connectivity index (χ3n) is 0.648. The smallest absolute Gasteiger partial charge is 0.555 e. The third kappa shape index (κ3) is 5.08. The predicted molar refractivity (Wildman–Crippen MR) is 46.5 cm³/mol. The molecule has 1 aromatic rings. The summed E-state index contributed by atoms with van der Waals surface area (Å²) in [5, 5.41) is 3.81. The van der Waals surface area contributed by atoms with Crippen molar-refractivity contribution >= 4 is 34.4 Å². The molecule has 52 valence electrons. The van der Waals surface area contributed by atoms with E-state index in [1.807, 2.05) is 12.1 Å². The molecule has 1 aromatic heterocycles. The van der Waals surface area contributed by atoms with E-state index in [1.165, 1.54) is 11.3 Å². The fraction of sp³-hybridized carbons (Fsp3) is 0.286. The maximum Gasteiger partial charge on any atom is 2.00 e. The summed E-state index contributed by atoms with van der Waals surface area (Å²) in [5.74, 6) is 0. The number of thiophene rings is 1. The molecule has 0 spiro atoms. The van der Waals surface area contributed by atoms with Crippen molar-refractivity contribution in [3.05, 3.63) is 24.4 Å². The molecule has 0 aliphatic carbocycles. The van der Waals surface area contributed by atoms with E-state index in [4.69, 9.17) is 4.74 Å². The fourth-order valence-corrected chi connectivity index (χ4v) is 0.810. The van der Waals surface area contributed by atoms with Gasteiger partial charge >= 0.3 is 23.1 Å². The number of rotatable bonds is 1. The van der Waals surface area contributed by atoms with Gasteiger partial charge in [0, 0.05) is 5.06 Å². The van der Waals surface area contributed by atoms with E-state index < -0.39 is 0 Å². The van der Waals surface area contributed by atoms with Crippen molar-refractivity contribution in [2.75, 3.05) is 7.11 Å². The fourth-order valence-electron chi connectivity index (χ4n) is 0.338. The first-order chi connectivity index (χ1) is 4.43. The van der Waals surface area contributed by atoms with Gasteiger partial charge in [-0.3, -0.25) is 11.3 Å². The average molecular weight is 167 g/mol. The van der Waals surface area contributed by atoms with Crippen LogP contribution in [0.2, 0.25) is 0 Å². The summed E-state index contributed by atoms with van der Waals surface area (Å²) in [6.45, 7) is 5.00. The molecule has 3 heteroatoms. The zero-order valence-electron chi connectivity index (χ0n) is 6.39. The van der Waals surface area contributed by atoms with Gasteiger partial charge in [-0.1, -0.05) is 0 Å². The molecule has 0 bridgehead atoms. The first kappa shape index (κ1) is 12.9. The minimum atomic E-state index is 0. The van der Waals surface area contributed by atoms with Crippen LogP contribution in [0, 0.1) is 12.3 Å². The van der Waals surface area contributed by atoms with Gasteiger partial charge in [0.05, 0.1) is 7.11 Å². The molecule has 0 radical (unpaired) electrons. The van der Waals surface area contributed by atoms with Crippen LogP contribution in [-0.4, -0.2) is 30.2 Å². The van der Waals surface area contributed by atoms with E-state index in [0.29, 0.717) is 0 Å². The van der Waals surface area contributed by atoms with Gasteiger partial charge in [-0.25, -0.2) is 0 Å². The summed E-state index contributed by atoms with van der Waals surface area (Å²) in [6, 6.07) is 3.72. The van der Waals surface area contributed by atoms with Crippen molar-refractivity contribution < 1.29 is 4.74 Å². The molecule has 0 N–H and O–H groups in total. The molecule has 1 nitrogen and oxygen atoms in total. The van der Waals surface area contributed by atoms with Crippen LogP contribution in [0.1, 0.15) is 6.92 Å². The molecule has 0 aromatic carbocycles. The molecular formula is C7H10MgOS. The predicted octanol–water partition coefficient (Wildman–Crippen LogP) is 2.02. The molecular weight excluding hydrogens is 156 g/mol. The van der Waals surface area contributed by atoms with Crippen molar-refractivity contribution in [1.29, 1.82) is 0 Å². The molecule has 0 saturated heterocycles. The summed E-state index contributed by atoms with van der Waals surface area (Å²) in [7, 11) is 1.65. The number of ether oxygens (including phenoxy) is 1. The zero-order valence-corrected chi connectivity index (χ0v) is 8.62. The minimum Gasteiger partial charge on any atom is -0.555 e. The van der Waals surface area contributed by atoms with Crippen molar-refractivity contribution in [3.8, 4) is 5.06 Å². The maximum atomic E-state index is 4.84. The van der Waals surface area contributed by atoms with Gasteiger partial charge in [-0.05, 0) is 0 Å². The van der Waals surface area contributed by atoms with Gasteiger partial charge in [-0.15, -0.1) is 5.38 Å². The van der Waals surface area contributed by atoms with Crippen LogP contribution in [0.15, 0.2) is 12.1 Å². The summed E-state index contributed by atoms with van der Waals surface area (Å²) in [4.78, 5) is 0. The van der Waals surface area contributed by atoms with E-state index in [-0.39, 0.29) is 23.1 Å². The third-order valence-corrected chi connectivity index (χ3v) is 1.41. The van der Waals surface area contributed by atoms with Crippen molar-refractivity contribution in [2.24, 2.45) is 0 Å². The van der Waals surface area contributed by atoms with E-state index in [9.17, 15) is 0 Å². The zero-order chi connectivity index (χ0) is 7.11. The first-order valence-electron chi connectivity index (χ1n) is 2.64. The van der Waals surface area contributed by atoms with Crippen LogP contribution < -0.4 is 4.74 Å². The van der Waals surface area contributed by atoms with Gasteiger partial charge < -0.3 is 11.7 Å². The molecule has 0 atom stereocenters. The Morgan fingerprint density at radius 2 is 2.20 bits per heavy atom. The van der Waals surface area contributed by atoms with Crippen molar-refractivity contribution in [2.45, 2.75) is 6.92 Å². The van der Waals surface area contributed by atoms with Crippen LogP contribution >= 0.6 is 11.3 Å². The summed E-state index contributed by atoms with van der Waals surface area (Å²) >= 11 is 1.48. The van der Waals surface area contributed by atoms with Crippen LogP contribution in [-0.2, 0) is 0 Å². The minimum absolute atomic E-state index is 0. The topological polar surface area (TPSA) is 9.23 Å². The molecule has 1 heterocycles. The molecule has 0 aliphatic rings. The number of hydrogen-bond donors (Lipinski definition) is 0. The molecule has 0 unspecified atom stereocenters. The summed E-state index contributed by atoms with van der Waals surface area (Å²) < 4.78 is 4.84. The average Bonchev–Trinajstić information content (AvgIpc) is 2.43. The molecule has 10 heavy (non-hydrogen) atoms. The Bertz CT molecular complexity index is 128. The largest absolute Gasteiger partial charge is 2.00 e. The molecule has 0 aliphatic heterocycles. The quantitative estimate of drug-likeness (QED) is 0.458. The number of methoxy groups -OCH3 is 1. The van der Waals surface area contributed by atoms with Gasteiger partial charge in [0.25, 0.3) is 0 Å². The van der Waals surface area contributed by atoms with Crippen LogP contribution in [0.5, 0.6) is 5.06 Å². The Morgan fingerprint density at radius 3 is 2.40 bits per heavy atom. The van der Waals surface area contributed by atoms with E-state index in [0.717, 1.165) is 5.06 Å². The SMILES string of the molecule is COc1cc[c-]s1.[CH2-]C.[Mg+2]. The Labute approximate surface area is 82.6 Å². The maximum absolute atomic E-state index is 4.84. The van der Waals surface area contributed by atoms with Crippen molar-refractivity contribution in [3.63, 3.8) is 0 Å². The van der Waals surface area contributed by atoms with Crippen LogP contribution in [0.25, 0.3) is 0 Å². The Balaban J connectivity index is 0. The Morgan fingerprint density at radius 1 is 1.60 bits per heavy atom. The second-order valence-corrected chi connectivity index (χ2v) is 1.92. The summed E-state index contributed by atoms with van der Waals surface area (Å²) in [5.41, 5.74) is 0. The van der Waals surface area contributed by atoms with Crippen LogP contribution in [0.4, 0.5) is 0 Å². The van der Waals surface area contributed by atoms with Gasteiger partial charge in [-0.2, -0.15) is 19.1 Å². The van der Waals surface area contributed by atoms with E-state index >= 15 is 0 Å². The van der Waals surface area contributed by atoms with Gasteiger partial charge in [0.2, 0.25) is 0 Å². The molecule has 0 saturated carbocycles. The second-order valence-electron chi connectivity index (χ2n) is 1.08. The standard InChI is InChI=1S/C5H5OS.C2H5.Mg/c1-6-5-3-2-4-7-5;1-2;/h2-3H,1H3;1H2,2H3;/q2*-1;+2. The second kappa shape index (κ2) is 9.27. The molecule has 1 rings (SSSR count). The van der Waals surface area contributed by atoms with E-state index in [1.54, 1.807) is 14.0 Å². The van der Waals surface area contributed by atoms with Gasteiger partial charge in [0.1, 0.15) is 0 Å². The van der Waals surface area contributed by atoms with Crippen LogP contribution in [0.3, 0.4) is 0 Å². The number of hydrogen-bond acceptors (Lipinski definition) is 2. The Kier molecular flexibility index (Phi) is 12.0. The normalized spacial score (nSPS) is 6.70. The first-order valence-corrected chi connectivity index (χ1v) is 3.45. The monoisotopic (exact) mass is 166 g/mol.